The first-order valence-corrected chi connectivity index (χ1v) is 7.48. The van der Waals surface area contributed by atoms with Gasteiger partial charge >= 0.3 is 0 Å². The van der Waals surface area contributed by atoms with Crippen molar-refractivity contribution in [2.24, 2.45) is 5.92 Å². The van der Waals surface area contributed by atoms with Crippen molar-refractivity contribution < 1.29 is 5.11 Å². The van der Waals surface area contributed by atoms with Gasteiger partial charge in [0, 0.05) is 3.92 Å². The molecular weight excluding hydrogens is 299 g/mol. The van der Waals surface area contributed by atoms with Gasteiger partial charge in [-0.05, 0) is 32.1 Å². The van der Waals surface area contributed by atoms with Crippen molar-refractivity contribution in [3.8, 4) is 0 Å². The molecule has 3 unspecified atom stereocenters. The van der Waals surface area contributed by atoms with E-state index in [0.29, 0.717) is 3.92 Å². The van der Waals surface area contributed by atoms with Crippen molar-refractivity contribution in [2.75, 3.05) is 0 Å². The largest absolute Gasteiger partial charge is 0.390 e. The van der Waals surface area contributed by atoms with E-state index in [4.69, 9.17) is 0 Å². The molecule has 1 nitrogen and oxygen atoms in total. The Kier molecular flexibility index (Phi) is 8.24. The molecular formula is C13H27IO. The minimum absolute atomic E-state index is 0.438. The lowest BCUT2D eigenvalue weighted by molar-refractivity contribution is 0.0369. The number of hydrogen-bond donors (Lipinski definition) is 1. The van der Waals surface area contributed by atoms with Crippen LogP contribution < -0.4 is 0 Å². The van der Waals surface area contributed by atoms with Crippen molar-refractivity contribution in [3.05, 3.63) is 0 Å². The summed E-state index contributed by atoms with van der Waals surface area (Å²) in [6, 6.07) is 0. The van der Waals surface area contributed by atoms with Gasteiger partial charge in [0.15, 0.2) is 0 Å². The summed E-state index contributed by atoms with van der Waals surface area (Å²) in [6.45, 7) is 8.72. The molecule has 0 rings (SSSR count). The fraction of sp³-hybridized carbons (Fsp3) is 1.00. The van der Waals surface area contributed by atoms with E-state index >= 15 is 0 Å². The second kappa shape index (κ2) is 7.88. The standard InChI is InChI=1S/C13H27IO/c1-5-11(2)7-6-9-13(4,15)10-8-12(3)14/h11-12,15H,5-10H2,1-4H3. The van der Waals surface area contributed by atoms with E-state index < -0.39 is 5.60 Å². The number of halogens is 1. The van der Waals surface area contributed by atoms with Gasteiger partial charge in [0.05, 0.1) is 5.60 Å². The van der Waals surface area contributed by atoms with Crippen molar-refractivity contribution in [1.29, 1.82) is 0 Å². The van der Waals surface area contributed by atoms with Crippen molar-refractivity contribution >= 4 is 22.6 Å². The first-order chi connectivity index (χ1) is 6.87. The predicted molar refractivity (Wildman–Crippen MR) is 76.6 cm³/mol. The lowest BCUT2D eigenvalue weighted by Gasteiger charge is -2.24. The lowest BCUT2D eigenvalue weighted by atomic mass is 9.90. The smallest absolute Gasteiger partial charge is 0.0620 e. The van der Waals surface area contributed by atoms with Gasteiger partial charge in [0.25, 0.3) is 0 Å². The Morgan fingerprint density at radius 1 is 1.20 bits per heavy atom. The topological polar surface area (TPSA) is 20.2 Å². The molecule has 0 fully saturated rings. The van der Waals surface area contributed by atoms with Crippen LogP contribution in [0.4, 0.5) is 0 Å². The number of alkyl halides is 1. The van der Waals surface area contributed by atoms with Gasteiger partial charge in [-0.1, -0.05) is 62.6 Å². The summed E-state index contributed by atoms with van der Waals surface area (Å²) in [5, 5.41) is 10.1. The fourth-order valence-electron chi connectivity index (χ4n) is 1.67. The van der Waals surface area contributed by atoms with Crippen LogP contribution in [0.2, 0.25) is 0 Å². The Morgan fingerprint density at radius 3 is 2.27 bits per heavy atom. The van der Waals surface area contributed by atoms with Crippen LogP contribution in [0.3, 0.4) is 0 Å². The Balaban J connectivity index is 3.64. The monoisotopic (exact) mass is 326 g/mol. The molecule has 0 aliphatic carbocycles. The first-order valence-electron chi connectivity index (χ1n) is 6.24. The summed E-state index contributed by atoms with van der Waals surface area (Å²) in [7, 11) is 0. The minimum Gasteiger partial charge on any atom is -0.390 e. The zero-order valence-electron chi connectivity index (χ0n) is 10.7. The second-order valence-corrected chi connectivity index (χ2v) is 7.35. The molecule has 0 saturated heterocycles. The summed E-state index contributed by atoms with van der Waals surface area (Å²) in [5.74, 6) is 0.810. The second-order valence-electron chi connectivity index (χ2n) is 5.22. The molecule has 0 aromatic heterocycles. The normalized spacial score (nSPS) is 19.6. The third kappa shape index (κ3) is 9.61. The Morgan fingerprint density at radius 2 is 1.80 bits per heavy atom. The highest BCUT2D eigenvalue weighted by Crippen LogP contribution is 2.24. The zero-order chi connectivity index (χ0) is 11.9. The number of aliphatic hydroxyl groups is 1. The maximum atomic E-state index is 10.1. The van der Waals surface area contributed by atoms with Gasteiger partial charge in [0.2, 0.25) is 0 Å². The fourth-order valence-corrected chi connectivity index (χ4v) is 1.98. The van der Waals surface area contributed by atoms with Gasteiger partial charge in [0.1, 0.15) is 0 Å². The summed E-state index contributed by atoms with van der Waals surface area (Å²) < 4.78 is 0.670. The Labute approximate surface area is 109 Å². The highest BCUT2D eigenvalue weighted by Gasteiger charge is 2.20. The molecule has 0 amide bonds. The van der Waals surface area contributed by atoms with Crippen LogP contribution in [0.1, 0.15) is 66.2 Å². The average molecular weight is 326 g/mol. The number of hydrogen-bond acceptors (Lipinski definition) is 1. The van der Waals surface area contributed by atoms with Crippen molar-refractivity contribution in [2.45, 2.75) is 75.7 Å². The molecule has 0 bridgehead atoms. The van der Waals surface area contributed by atoms with Gasteiger partial charge in [-0.15, -0.1) is 0 Å². The summed E-state index contributed by atoms with van der Waals surface area (Å²) in [5.41, 5.74) is -0.438. The first kappa shape index (κ1) is 15.7. The van der Waals surface area contributed by atoms with Gasteiger partial charge in [-0.2, -0.15) is 0 Å². The highest BCUT2D eigenvalue weighted by molar-refractivity contribution is 14.1. The van der Waals surface area contributed by atoms with Crippen LogP contribution >= 0.6 is 22.6 Å². The van der Waals surface area contributed by atoms with E-state index in [1.807, 2.05) is 6.92 Å². The van der Waals surface area contributed by atoms with Crippen LogP contribution in [0.15, 0.2) is 0 Å². The van der Waals surface area contributed by atoms with Crippen LogP contribution in [0, 0.1) is 5.92 Å². The summed E-state index contributed by atoms with van der Waals surface area (Å²) >= 11 is 2.43. The molecule has 0 spiro atoms. The molecule has 2 heteroatoms. The van der Waals surface area contributed by atoms with Crippen molar-refractivity contribution in [3.63, 3.8) is 0 Å². The lowest BCUT2D eigenvalue weighted by Crippen LogP contribution is -2.24. The average Bonchev–Trinajstić information content (AvgIpc) is 2.14. The van der Waals surface area contributed by atoms with E-state index in [0.717, 1.165) is 31.6 Å². The number of rotatable bonds is 8. The van der Waals surface area contributed by atoms with Gasteiger partial charge in [-0.3, -0.25) is 0 Å². The van der Waals surface area contributed by atoms with E-state index in [1.165, 1.54) is 12.8 Å². The molecule has 0 aromatic rings. The molecule has 0 heterocycles. The molecule has 1 N–H and O–H groups in total. The third-order valence-corrected chi connectivity index (χ3v) is 3.81. The van der Waals surface area contributed by atoms with E-state index in [2.05, 4.69) is 43.4 Å². The maximum Gasteiger partial charge on any atom is 0.0620 e. The van der Waals surface area contributed by atoms with Crippen molar-refractivity contribution in [1.82, 2.24) is 0 Å². The molecule has 3 atom stereocenters. The summed E-state index contributed by atoms with van der Waals surface area (Å²) in [6.07, 6.45) is 6.70. The summed E-state index contributed by atoms with van der Waals surface area (Å²) in [4.78, 5) is 0. The van der Waals surface area contributed by atoms with E-state index in [1.54, 1.807) is 0 Å². The molecule has 0 aromatic carbocycles. The van der Waals surface area contributed by atoms with E-state index in [9.17, 15) is 5.11 Å². The van der Waals surface area contributed by atoms with Crippen LogP contribution in [-0.4, -0.2) is 14.6 Å². The molecule has 0 radical (unpaired) electrons. The molecule has 92 valence electrons. The third-order valence-electron chi connectivity index (χ3n) is 3.19. The Bertz CT molecular complexity index is 155. The minimum atomic E-state index is -0.438. The van der Waals surface area contributed by atoms with Crippen LogP contribution in [0.25, 0.3) is 0 Å². The molecule has 15 heavy (non-hydrogen) atoms. The molecule has 0 saturated carbocycles. The molecule has 0 aliphatic rings. The van der Waals surface area contributed by atoms with Gasteiger partial charge in [-0.25, -0.2) is 0 Å². The van der Waals surface area contributed by atoms with Crippen LogP contribution in [0.5, 0.6) is 0 Å². The maximum absolute atomic E-state index is 10.1. The van der Waals surface area contributed by atoms with Gasteiger partial charge < -0.3 is 5.11 Å². The SMILES string of the molecule is CCC(C)CCCC(C)(O)CCC(C)I. The Hall–Kier alpha value is 0.690. The predicted octanol–water partition coefficient (Wildman–Crippen LogP) is 4.56. The van der Waals surface area contributed by atoms with Crippen LogP contribution in [-0.2, 0) is 0 Å². The molecule has 0 aliphatic heterocycles. The van der Waals surface area contributed by atoms with E-state index in [-0.39, 0.29) is 0 Å². The quantitative estimate of drug-likeness (QED) is 0.512. The zero-order valence-corrected chi connectivity index (χ0v) is 12.9. The highest BCUT2D eigenvalue weighted by atomic mass is 127.